The highest BCUT2D eigenvalue weighted by Gasteiger charge is 2.40. The average Bonchev–Trinajstić information content (AvgIpc) is 3.01. The van der Waals surface area contributed by atoms with Crippen molar-refractivity contribution in [3.63, 3.8) is 0 Å². The molecule has 0 aliphatic carbocycles. The minimum atomic E-state index is -0.939. The number of aliphatic hydroxyl groups excluding tert-OH is 1. The molecule has 0 aromatic heterocycles. The van der Waals surface area contributed by atoms with Crippen LogP contribution in [0.4, 0.5) is 21.0 Å². The van der Waals surface area contributed by atoms with E-state index in [9.17, 15) is 19.8 Å². The normalized spacial score (nSPS) is 19.3. The molecule has 42 heavy (non-hydrogen) atoms. The molecule has 3 aliphatic rings. The summed E-state index contributed by atoms with van der Waals surface area (Å²) in [7, 11) is 1.47. The van der Waals surface area contributed by atoms with Gasteiger partial charge in [-0.25, -0.2) is 9.59 Å². The van der Waals surface area contributed by atoms with Crippen LogP contribution in [-0.2, 0) is 17.8 Å². The van der Waals surface area contributed by atoms with Gasteiger partial charge < -0.3 is 24.6 Å². The van der Waals surface area contributed by atoms with Crippen LogP contribution in [0.15, 0.2) is 60.7 Å². The van der Waals surface area contributed by atoms with Crippen molar-refractivity contribution in [3.05, 3.63) is 76.8 Å². The number of piperidine rings is 3. The first-order valence-electron chi connectivity index (χ1n) is 14.2. The third kappa shape index (κ3) is 6.64. The second-order valence-corrected chi connectivity index (χ2v) is 11.1. The van der Waals surface area contributed by atoms with Gasteiger partial charge >= 0.3 is 12.2 Å². The fraction of sp³-hybridized carbons (Fsp3) is 0.375. The number of aliphatic hydroxyl groups is 1. The maximum atomic E-state index is 12.8. The fourth-order valence-corrected chi connectivity index (χ4v) is 6.27. The van der Waals surface area contributed by atoms with Gasteiger partial charge in [0.25, 0.3) is 0 Å². The number of aryl methyl sites for hydroxylation is 1. The Labute approximate surface area is 250 Å². The van der Waals surface area contributed by atoms with Crippen LogP contribution in [0, 0.1) is 5.92 Å². The maximum Gasteiger partial charge on any atom is 0.412 e. The molecule has 0 radical (unpaired) electrons. The molecule has 222 valence electrons. The van der Waals surface area contributed by atoms with Gasteiger partial charge in [-0.3, -0.25) is 10.2 Å². The van der Waals surface area contributed by atoms with Crippen molar-refractivity contribution in [1.82, 2.24) is 4.90 Å². The van der Waals surface area contributed by atoms with E-state index in [0.717, 1.165) is 49.2 Å². The highest BCUT2D eigenvalue weighted by Crippen LogP contribution is 2.39. The Morgan fingerprint density at radius 2 is 1.86 bits per heavy atom. The molecule has 3 heterocycles. The summed E-state index contributed by atoms with van der Waals surface area (Å²) in [5.41, 5.74) is 4.33. The summed E-state index contributed by atoms with van der Waals surface area (Å²) < 4.78 is 10.6. The molecular formula is C32H36ClN3O6. The lowest BCUT2D eigenvalue weighted by atomic mass is 9.82. The van der Waals surface area contributed by atoms with E-state index in [1.54, 1.807) is 4.90 Å². The average molecular weight is 594 g/mol. The standard InChI is InChI=1S/C32H36ClN3O6/c1-41-30-18-27(26(33)17-24(30)20-37)34-31(38)42-15-5-6-21-9-10-25(22-7-3-2-4-8-22)28(16-21)36(32(39)40)29-19-35-13-11-23(29)12-14-35/h2-4,7-10,16-18,23,29,37H,5-6,11-15,19-20H2,1H3,(H,34,38)(H,39,40)/t29-/m0/s1. The second kappa shape index (κ2) is 13.5. The third-order valence-corrected chi connectivity index (χ3v) is 8.50. The predicted molar refractivity (Wildman–Crippen MR) is 163 cm³/mol. The van der Waals surface area contributed by atoms with Crippen molar-refractivity contribution < 1.29 is 29.3 Å². The molecule has 3 fully saturated rings. The zero-order chi connectivity index (χ0) is 29.6. The quantitative estimate of drug-likeness (QED) is 0.238. The summed E-state index contributed by atoms with van der Waals surface area (Å²) in [6.45, 7) is 2.72. The van der Waals surface area contributed by atoms with E-state index in [-0.39, 0.29) is 24.3 Å². The molecule has 3 N–H and O–H groups in total. The number of halogens is 1. The summed E-state index contributed by atoms with van der Waals surface area (Å²) >= 11 is 6.23. The number of ether oxygens (including phenoxy) is 2. The molecule has 0 saturated carbocycles. The lowest BCUT2D eigenvalue weighted by Gasteiger charge is -2.48. The van der Waals surface area contributed by atoms with Gasteiger partial charge in [0.05, 0.1) is 42.8 Å². The minimum absolute atomic E-state index is 0.0911. The van der Waals surface area contributed by atoms with E-state index in [1.165, 1.54) is 19.2 Å². The zero-order valence-electron chi connectivity index (χ0n) is 23.6. The van der Waals surface area contributed by atoms with E-state index < -0.39 is 12.2 Å². The van der Waals surface area contributed by atoms with Crippen LogP contribution in [0.2, 0.25) is 5.02 Å². The van der Waals surface area contributed by atoms with Gasteiger partial charge in [0.15, 0.2) is 0 Å². The molecule has 3 saturated heterocycles. The molecule has 0 unspecified atom stereocenters. The minimum Gasteiger partial charge on any atom is -0.496 e. The Balaban J connectivity index is 1.28. The van der Waals surface area contributed by atoms with E-state index >= 15 is 0 Å². The van der Waals surface area contributed by atoms with Crippen LogP contribution in [0.25, 0.3) is 11.1 Å². The molecule has 2 amide bonds. The lowest BCUT2D eigenvalue weighted by Crippen LogP contribution is -2.59. The summed E-state index contributed by atoms with van der Waals surface area (Å²) in [6.07, 6.45) is 1.57. The van der Waals surface area contributed by atoms with E-state index in [1.807, 2.05) is 48.5 Å². The predicted octanol–water partition coefficient (Wildman–Crippen LogP) is 6.27. The molecule has 1 atom stereocenters. The first-order valence-corrected chi connectivity index (χ1v) is 14.6. The summed E-state index contributed by atoms with van der Waals surface area (Å²) in [4.78, 5) is 29.1. The highest BCUT2D eigenvalue weighted by atomic mass is 35.5. The Morgan fingerprint density at radius 1 is 1.10 bits per heavy atom. The largest absolute Gasteiger partial charge is 0.496 e. The summed E-state index contributed by atoms with van der Waals surface area (Å²) in [6, 6.07) is 18.8. The van der Waals surface area contributed by atoms with Gasteiger partial charge in [-0.2, -0.15) is 0 Å². The van der Waals surface area contributed by atoms with Crippen molar-refractivity contribution in [1.29, 1.82) is 0 Å². The number of nitrogens with one attached hydrogen (secondary N) is 1. The number of hydrogen-bond donors (Lipinski definition) is 3. The SMILES string of the molecule is COc1cc(NC(=O)OCCCc2ccc(-c3ccccc3)c(N(C(=O)O)[C@H]3CN4CCC3CC4)c2)c(Cl)cc1CO. The maximum absolute atomic E-state index is 12.8. The van der Waals surface area contributed by atoms with Gasteiger partial charge in [0, 0.05) is 23.7 Å². The van der Waals surface area contributed by atoms with Crippen LogP contribution in [-0.4, -0.2) is 66.7 Å². The van der Waals surface area contributed by atoms with Gasteiger partial charge in [0.2, 0.25) is 0 Å². The van der Waals surface area contributed by atoms with Crippen molar-refractivity contribution >= 4 is 35.2 Å². The van der Waals surface area contributed by atoms with Gasteiger partial charge in [0.1, 0.15) is 5.75 Å². The molecule has 3 aliphatic heterocycles. The van der Waals surface area contributed by atoms with Crippen LogP contribution >= 0.6 is 11.6 Å². The Morgan fingerprint density at radius 3 is 2.50 bits per heavy atom. The smallest absolute Gasteiger partial charge is 0.412 e. The van der Waals surface area contributed by atoms with Crippen molar-refractivity contribution in [3.8, 4) is 16.9 Å². The number of hydrogen-bond acceptors (Lipinski definition) is 6. The molecule has 3 aromatic carbocycles. The summed E-state index contributed by atoms with van der Waals surface area (Å²) in [5.74, 6) is 0.749. The Kier molecular flexibility index (Phi) is 9.51. The number of fused-ring (bicyclic) bond motifs is 3. The highest BCUT2D eigenvalue weighted by molar-refractivity contribution is 6.33. The number of benzene rings is 3. The van der Waals surface area contributed by atoms with Crippen molar-refractivity contribution in [2.45, 2.75) is 38.3 Å². The van der Waals surface area contributed by atoms with E-state index in [2.05, 4.69) is 10.2 Å². The molecule has 3 aromatic rings. The number of carbonyl (C=O) groups excluding carboxylic acids is 1. The zero-order valence-corrected chi connectivity index (χ0v) is 24.3. The number of amides is 2. The summed E-state index contributed by atoms with van der Waals surface area (Å²) in [5, 5.41) is 22.8. The first-order chi connectivity index (χ1) is 20.4. The topological polar surface area (TPSA) is 112 Å². The molecule has 10 heteroatoms. The number of rotatable bonds is 10. The Bertz CT molecular complexity index is 1410. The van der Waals surface area contributed by atoms with E-state index in [0.29, 0.717) is 41.4 Å². The van der Waals surface area contributed by atoms with Crippen LogP contribution in [0.3, 0.4) is 0 Å². The van der Waals surface area contributed by atoms with Crippen LogP contribution in [0.1, 0.15) is 30.4 Å². The first kappa shape index (κ1) is 29.7. The number of carboxylic acid groups (broad SMARTS) is 1. The fourth-order valence-electron chi connectivity index (χ4n) is 6.03. The van der Waals surface area contributed by atoms with Crippen molar-refractivity contribution in [2.24, 2.45) is 5.92 Å². The van der Waals surface area contributed by atoms with Crippen LogP contribution < -0.4 is 15.0 Å². The Hall–Kier alpha value is -3.79. The second-order valence-electron chi connectivity index (χ2n) is 10.7. The van der Waals surface area contributed by atoms with Gasteiger partial charge in [-0.15, -0.1) is 0 Å². The number of carbonyl (C=O) groups is 2. The van der Waals surface area contributed by atoms with E-state index in [4.69, 9.17) is 21.1 Å². The van der Waals surface area contributed by atoms with Crippen LogP contribution in [0.5, 0.6) is 5.75 Å². The third-order valence-electron chi connectivity index (χ3n) is 8.19. The molecule has 0 spiro atoms. The monoisotopic (exact) mass is 593 g/mol. The number of anilines is 2. The van der Waals surface area contributed by atoms with Gasteiger partial charge in [-0.1, -0.05) is 54.1 Å². The van der Waals surface area contributed by atoms with Crippen molar-refractivity contribution in [2.75, 3.05) is 43.6 Å². The van der Waals surface area contributed by atoms with Gasteiger partial charge in [-0.05, 0) is 68.0 Å². The lowest BCUT2D eigenvalue weighted by molar-refractivity contribution is 0.0837. The molecular weight excluding hydrogens is 558 g/mol. The molecule has 6 rings (SSSR count). The molecule has 9 nitrogen and oxygen atoms in total. The number of nitrogens with zero attached hydrogens (tertiary/aromatic N) is 2. The number of methoxy groups -OCH3 is 1. The molecule has 2 bridgehead atoms.